The van der Waals surface area contributed by atoms with Gasteiger partial charge in [0, 0.05) is 52.6 Å². The van der Waals surface area contributed by atoms with Crippen LogP contribution in [0.2, 0.25) is 0 Å². The maximum absolute atomic E-state index is 9.08. The SMILES string of the molecule is Cl.Cl.OCCN1CCN(CC/C=C2\c3ccccc3Sc3ccc(I)cc32)CC1. The van der Waals surface area contributed by atoms with E-state index in [4.69, 9.17) is 5.11 Å². The average Bonchev–Trinajstić information content (AvgIpc) is 2.69. The number of hydrogen-bond donors (Lipinski definition) is 1. The standard InChI is InChI=1S/C22H25IN2OS.2ClH/c23-17-7-8-22-20(16-17)18(19-4-1-2-6-21(19)27-22)5-3-9-24-10-12-25(13-11-24)14-15-26;;/h1-2,4-8,16,26H,3,9-15H2;2*1H/b18-5+;;. The maximum Gasteiger partial charge on any atom is 0.0558 e. The van der Waals surface area contributed by atoms with Crippen LogP contribution in [0.5, 0.6) is 0 Å². The van der Waals surface area contributed by atoms with Gasteiger partial charge in [0.15, 0.2) is 0 Å². The lowest BCUT2D eigenvalue weighted by atomic mass is 9.96. The molecule has 0 amide bonds. The second-order valence-corrected chi connectivity index (χ2v) is 9.38. The Hall–Kier alpha value is -0.280. The van der Waals surface area contributed by atoms with Gasteiger partial charge < -0.3 is 10.0 Å². The van der Waals surface area contributed by atoms with Gasteiger partial charge in [0.25, 0.3) is 0 Å². The second-order valence-electron chi connectivity index (χ2n) is 7.05. The molecule has 158 valence electrons. The Bertz CT molecular complexity index is 841. The molecule has 0 saturated carbocycles. The quantitative estimate of drug-likeness (QED) is 0.440. The molecule has 4 rings (SSSR count). The van der Waals surface area contributed by atoms with Crippen molar-refractivity contribution in [3.05, 3.63) is 63.2 Å². The molecule has 7 heteroatoms. The third-order valence-electron chi connectivity index (χ3n) is 5.30. The molecule has 0 unspecified atom stereocenters. The van der Waals surface area contributed by atoms with Gasteiger partial charge in [-0.05, 0) is 70.0 Å². The van der Waals surface area contributed by atoms with Gasteiger partial charge in [0.2, 0.25) is 0 Å². The topological polar surface area (TPSA) is 26.7 Å². The Morgan fingerprint density at radius 3 is 2.28 bits per heavy atom. The number of fused-ring (bicyclic) bond motifs is 2. The summed E-state index contributed by atoms with van der Waals surface area (Å²) >= 11 is 4.29. The van der Waals surface area contributed by atoms with Gasteiger partial charge in [-0.15, -0.1) is 24.8 Å². The molecule has 0 atom stereocenters. The summed E-state index contributed by atoms with van der Waals surface area (Å²) < 4.78 is 1.29. The Morgan fingerprint density at radius 1 is 0.897 bits per heavy atom. The van der Waals surface area contributed by atoms with Crippen molar-refractivity contribution >= 4 is 64.7 Å². The van der Waals surface area contributed by atoms with Gasteiger partial charge in [-0.1, -0.05) is 36.0 Å². The molecule has 2 aliphatic heterocycles. The monoisotopic (exact) mass is 564 g/mol. The number of nitrogens with zero attached hydrogens (tertiary/aromatic N) is 2. The summed E-state index contributed by atoms with van der Waals surface area (Å²) in [5.74, 6) is 0. The van der Waals surface area contributed by atoms with E-state index in [-0.39, 0.29) is 31.4 Å². The van der Waals surface area contributed by atoms with Crippen molar-refractivity contribution in [3.63, 3.8) is 0 Å². The van der Waals surface area contributed by atoms with E-state index < -0.39 is 0 Å². The van der Waals surface area contributed by atoms with E-state index in [2.05, 4.69) is 80.9 Å². The van der Waals surface area contributed by atoms with Crippen LogP contribution < -0.4 is 0 Å². The number of benzene rings is 2. The molecule has 0 aliphatic carbocycles. The van der Waals surface area contributed by atoms with Crippen LogP contribution in [-0.2, 0) is 0 Å². The Kier molecular flexibility index (Phi) is 10.3. The first kappa shape index (κ1) is 25.0. The Morgan fingerprint density at radius 2 is 1.55 bits per heavy atom. The van der Waals surface area contributed by atoms with Crippen LogP contribution >= 0.6 is 59.2 Å². The largest absolute Gasteiger partial charge is 0.395 e. The summed E-state index contributed by atoms with van der Waals surface area (Å²) in [5.41, 5.74) is 4.12. The molecular formula is C22H27Cl2IN2OS. The van der Waals surface area contributed by atoms with Crippen LogP contribution in [0.4, 0.5) is 0 Å². The number of aliphatic hydroxyl groups is 1. The van der Waals surface area contributed by atoms with Crippen LogP contribution in [0.1, 0.15) is 17.5 Å². The van der Waals surface area contributed by atoms with Crippen LogP contribution in [0.25, 0.3) is 5.57 Å². The molecule has 2 aromatic rings. The first-order chi connectivity index (χ1) is 13.2. The Labute approximate surface area is 203 Å². The van der Waals surface area contributed by atoms with Crippen LogP contribution in [0.15, 0.2) is 58.3 Å². The zero-order valence-electron chi connectivity index (χ0n) is 16.2. The molecule has 2 aromatic carbocycles. The smallest absolute Gasteiger partial charge is 0.0558 e. The highest BCUT2D eigenvalue weighted by molar-refractivity contribution is 14.1. The first-order valence-corrected chi connectivity index (χ1v) is 11.5. The number of aliphatic hydroxyl groups excluding tert-OH is 1. The summed E-state index contributed by atoms with van der Waals surface area (Å²) in [7, 11) is 0. The van der Waals surface area contributed by atoms with Crippen molar-refractivity contribution < 1.29 is 5.11 Å². The minimum absolute atomic E-state index is 0. The van der Waals surface area contributed by atoms with Crippen molar-refractivity contribution in [2.45, 2.75) is 16.2 Å². The molecule has 0 aromatic heterocycles. The molecule has 3 nitrogen and oxygen atoms in total. The molecule has 0 radical (unpaired) electrons. The van der Waals surface area contributed by atoms with E-state index in [9.17, 15) is 0 Å². The van der Waals surface area contributed by atoms with Gasteiger partial charge in [-0.2, -0.15) is 0 Å². The van der Waals surface area contributed by atoms with Crippen LogP contribution in [-0.4, -0.2) is 60.8 Å². The summed E-state index contributed by atoms with van der Waals surface area (Å²) in [6, 6.07) is 15.5. The molecule has 2 aliphatic rings. The summed E-state index contributed by atoms with van der Waals surface area (Å²) in [4.78, 5) is 7.61. The molecule has 1 N–H and O–H groups in total. The van der Waals surface area contributed by atoms with Crippen molar-refractivity contribution in [2.24, 2.45) is 0 Å². The van der Waals surface area contributed by atoms with Gasteiger partial charge in [-0.3, -0.25) is 4.90 Å². The fraction of sp³-hybridized carbons (Fsp3) is 0.364. The minimum Gasteiger partial charge on any atom is -0.395 e. The summed E-state index contributed by atoms with van der Waals surface area (Å²) in [5, 5.41) is 9.08. The molecule has 0 bridgehead atoms. The number of rotatable bonds is 5. The number of β-amino-alcohol motifs (C(OH)–C–C–N with tert-alkyl or cyclic N) is 1. The Balaban J connectivity index is 0.00000150. The van der Waals surface area contributed by atoms with E-state index >= 15 is 0 Å². The van der Waals surface area contributed by atoms with Gasteiger partial charge in [0.1, 0.15) is 0 Å². The van der Waals surface area contributed by atoms with Gasteiger partial charge in [-0.25, -0.2) is 0 Å². The molecule has 0 spiro atoms. The van der Waals surface area contributed by atoms with Gasteiger partial charge >= 0.3 is 0 Å². The average molecular weight is 565 g/mol. The van der Waals surface area contributed by atoms with Gasteiger partial charge in [0.05, 0.1) is 6.61 Å². The zero-order chi connectivity index (χ0) is 18.6. The normalized spacial score (nSPS) is 17.8. The maximum atomic E-state index is 9.08. The highest BCUT2D eigenvalue weighted by Crippen LogP contribution is 2.45. The minimum atomic E-state index is 0. The number of halogens is 3. The van der Waals surface area contributed by atoms with E-state index in [0.717, 1.165) is 45.7 Å². The van der Waals surface area contributed by atoms with E-state index in [1.54, 1.807) is 0 Å². The highest BCUT2D eigenvalue weighted by atomic mass is 127. The molecular weight excluding hydrogens is 538 g/mol. The predicted octanol–water partition coefficient (Wildman–Crippen LogP) is 5.03. The molecule has 29 heavy (non-hydrogen) atoms. The molecule has 2 heterocycles. The summed E-state index contributed by atoms with van der Waals surface area (Å²) in [6.07, 6.45) is 3.51. The van der Waals surface area contributed by atoms with Crippen LogP contribution in [0, 0.1) is 3.57 Å². The fourth-order valence-electron chi connectivity index (χ4n) is 3.83. The fourth-order valence-corrected chi connectivity index (χ4v) is 5.41. The third kappa shape index (κ3) is 6.12. The number of piperazine rings is 1. The first-order valence-electron chi connectivity index (χ1n) is 9.57. The third-order valence-corrected chi connectivity index (χ3v) is 7.13. The highest BCUT2D eigenvalue weighted by Gasteiger charge is 2.21. The molecule has 1 saturated heterocycles. The molecule has 1 fully saturated rings. The van der Waals surface area contributed by atoms with Crippen molar-refractivity contribution in [3.8, 4) is 0 Å². The lowest BCUT2D eigenvalue weighted by Crippen LogP contribution is -2.47. The lowest BCUT2D eigenvalue weighted by molar-refractivity contribution is 0.114. The summed E-state index contributed by atoms with van der Waals surface area (Å²) in [6.45, 7) is 6.51. The predicted molar refractivity (Wildman–Crippen MR) is 136 cm³/mol. The number of hydrogen-bond acceptors (Lipinski definition) is 4. The zero-order valence-corrected chi connectivity index (χ0v) is 20.8. The second kappa shape index (κ2) is 11.9. The van der Waals surface area contributed by atoms with Crippen molar-refractivity contribution in [1.82, 2.24) is 9.80 Å². The lowest BCUT2D eigenvalue weighted by Gasteiger charge is -2.34. The van der Waals surface area contributed by atoms with Crippen molar-refractivity contribution in [1.29, 1.82) is 0 Å². The van der Waals surface area contributed by atoms with E-state index in [0.29, 0.717) is 0 Å². The van der Waals surface area contributed by atoms with E-state index in [1.807, 2.05) is 11.8 Å². The van der Waals surface area contributed by atoms with E-state index in [1.165, 1.54) is 30.1 Å². The van der Waals surface area contributed by atoms with Crippen LogP contribution in [0.3, 0.4) is 0 Å². The van der Waals surface area contributed by atoms with Crippen molar-refractivity contribution in [2.75, 3.05) is 45.9 Å².